The Morgan fingerprint density at radius 3 is 1.13 bits per heavy atom. The van der Waals surface area contributed by atoms with E-state index in [1.54, 1.807) is 176 Å². The zero-order valence-corrected chi connectivity index (χ0v) is 92.9. The first-order valence-electron chi connectivity index (χ1n) is 51.5. The van der Waals surface area contributed by atoms with E-state index < -0.39 is 75.4 Å². The minimum Gasteiger partial charge on any atom is -0.495 e. The van der Waals surface area contributed by atoms with E-state index in [1.165, 1.54) is 198 Å². The van der Waals surface area contributed by atoms with Crippen molar-refractivity contribution in [2.24, 2.45) is 0 Å². The molecule has 3 aromatic heterocycles. The van der Waals surface area contributed by atoms with Crippen molar-refractivity contribution in [1.29, 1.82) is 0 Å². The van der Waals surface area contributed by atoms with Gasteiger partial charge in [0.05, 0.1) is 119 Å². The van der Waals surface area contributed by atoms with Gasteiger partial charge in [0.1, 0.15) is 34.7 Å². The van der Waals surface area contributed by atoms with Gasteiger partial charge in [-0.1, -0.05) is 289 Å². The number of alkyl carbamates (subject to hydrolysis) is 1. The van der Waals surface area contributed by atoms with Gasteiger partial charge in [-0.3, -0.25) is 57.4 Å². The van der Waals surface area contributed by atoms with Crippen molar-refractivity contribution in [3.05, 3.63) is 284 Å². The van der Waals surface area contributed by atoms with Crippen molar-refractivity contribution in [1.82, 2.24) is 43.8 Å². The van der Waals surface area contributed by atoms with E-state index in [2.05, 4.69) is 114 Å². The monoisotopic (exact) mass is 2240 g/mol. The van der Waals surface area contributed by atoms with Crippen LogP contribution in [-0.4, -0.2) is 157 Å². The fourth-order valence-electron chi connectivity index (χ4n) is 16.9. The highest BCUT2D eigenvalue weighted by molar-refractivity contribution is 9.93. The number of esters is 2. The third-order valence-electron chi connectivity index (χ3n) is 25.2. The molecule has 12 aromatic rings. The first-order valence-corrected chi connectivity index (χ1v) is 56.2. The number of rotatable bonds is 47. The maximum absolute atomic E-state index is 14.1. The fourth-order valence-corrected chi connectivity index (χ4v) is 17.4. The predicted molar refractivity (Wildman–Crippen MR) is 600 cm³/mol. The third kappa shape index (κ3) is 34.8. The van der Waals surface area contributed by atoms with Crippen LogP contribution in [0.2, 0.25) is 0 Å². The molecule has 2 unspecified atom stereocenters. The number of hydrogen-bond donors (Lipinski definition) is 4. The number of nitrogens with one attached hydrogen (secondary N) is 4. The molecule has 0 bridgehead atoms. The quantitative estimate of drug-likeness (QED) is 0.0119. The Bertz CT molecular complexity index is 6660. The Balaban J connectivity index is 0.000000230. The number of imide groups is 2. The molecule has 2 fully saturated rings. The second-order valence-corrected chi connectivity index (χ2v) is 37.9. The number of alkyl halides is 1. The lowest BCUT2D eigenvalue weighted by atomic mass is 10.1. The van der Waals surface area contributed by atoms with Gasteiger partial charge in [-0.2, -0.15) is 0 Å². The molecule has 0 saturated carbocycles. The minimum absolute atomic E-state index is 0.128. The highest BCUT2D eigenvalue weighted by Gasteiger charge is 2.54. The van der Waals surface area contributed by atoms with E-state index in [0.717, 1.165) is 44.1 Å². The SMILES string of the molecule is BrBr.CC1(C)OC(=O)NC1=O.CCCCCCCCCCCCCCOC(=O)c1ccc(OC)c(NC(=O)C(Br)c2nc3ccccc3c(=O)n2-c2ccccc2)c1.CCCCCCCCCCCCCCOC(=O)c1ccc(OC)c(NC(=O)Cc2nc3ccccc3c(=O)n2-c2ccccc2)c1.CCN(CC)CC.COc1ccc(C)cc1NC(=O)C(c1nc2ccccc2c(=O)n1-c1ccccc1)N1C(=O)OC(C)(C)C1=O. The number of para-hydroxylation sites is 6. The highest BCUT2D eigenvalue weighted by atomic mass is 80.9. The lowest BCUT2D eigenvalue weighted by Gasteiger charge is -2.26. The van der Waals surface area contributed by atoms with Crippen LogP contribution in [0.25, 0.3) is 49.8 Å². The van der Waals surface area contributed by atoms with Crippen LogP contribution in [0.3, 0.4) is 0 Å². The lowest BCUT2D eigenvalue weighted by molar-refractivity contribution is -0.139. The van der Waals surface area contributed by atoms with Gasteiger partial charge in [-0.05, 0) is 194 Å². The predicted octanol–water partition coefficient (Wildman–Crippen LogP) is 25.0. The van der Waals surface area contributed by atoms with Gasteiger partial charge in [0, 0.05) is 28.3 Å². The Labute approximate surface area is 901 Å². The molecule has 9 aromatic carbocycles. The standard InChI is InChI=1S/C38H46BrN3O5.C38H47N3O5.C29H26N4O6.C6H15N.C5H7NO3.Br2/c1-3-4-5-6-7-8-9-10-11-12-13-19-26-47-38(45)28-24-25-33(46-2)32(27-28)41-36(43)34(39)35-40-31-23-18-17-22-30(31)37(44)42(35)29-20-15-14-16-21-29;1-3-4-5-6-7-8-9-10-11-12-13-19-26-46-38(44)29-24-25-34(45-2)33(27-29)40-36(42)28-35-39-32-23-18-17-22-31(32)37(43)41(35)30-20-15-14-16-21-30;1-17-14-15-22(38-4)21(16-17)31-25(34)23(33-27(36)29(2,3)39-28(33)37)24-30-20-13-9-8-12-19(20)26(35)32(24)18-10-6-5-7-11-18;1-4-7(5-2)6-3;1-5(2)3(7)6-4(8)9-5;1-2/h14-18,20-25,27,34H,3-13,19,26H2,1-2H3,(H,41,43);14-18,20-25,27H,3-13,19,26,28H2,1-2H3,(H,40,42);5-16,23H,1-4H3,(H,31,34);4-6H2,1-3H3;1-2H3,(H,6,7,8);. The number of halogens is 3. The van der Waals surface area contributed by atoms with E-state index in [-0.39, 0.29) is 35.1 Å². The third-order valence-corrected chi connectivity index (χ3v) is 26.0. The van der Waals surface area contributed by atoms with Crippen molar-refractivity contribution >= 4 is 148 Å². The molecule has 7 amide bonds. The number of carbonyl (C=O) groups excluding carboxylic acids is 9. The number of hydrogen-bond acceptors (Lipinski definition) is 23. The summed E-state index contributed by atoms with van der Waals surface area (Å²) >= 11 is 8.99. The van der Waals surface area contributed by atoms with Crippen molar-refractivity contribution in [2.75, 3.05) is 70.1 Å². The number of fused-ring (bicyclic) bond motifs is 3. The molecular formula is C116H141Br3N12O19. The van der Waals surface area contributed by atoms with E-state index >= 15 is 0 Å². The molecule has 2 atom stereocenters. The van der Waals surface area contributed by atoms with Crippen molar-refractivity contribution in [3.8, 4) is 34.3 Å². The zero-order valence-electron chi connectivity index (χ0n) is 88.1. The number of ether oxygens (including phenoxy) is 7. The number of aryl methyl sites for hydroxylation is 1. The molecular weight excluding hydrogens is 2110 g/mol. The summed E-state index contributed by atoms with van der Waals surface area (Å²) < 4.78 is 41.4. The minimum atomic E-state index is -1.66. The first-order chi connectivity index (χ1) is 72.4. The second-order valence-electron chi connectivity index (χ2n) is 37.0. The molecule has 800 valence electrons. The Morgan fingerprint density at radius 2 is 0.760 bits per heavy atom. The number of aromatic nitrogens is 6. The average molecular weight is 2250 g/mol. The van der Waals surface area contributed by atoms with Crippen LogP contribution < -0.4 is 52.2 Å². The summed E-state index contributed by atoms with van der Waals surface area (Å²) in [5, 5.41) is 11.7. The molecule has 31 nitrogen and oxygen atoms in total. The Hall–Kier alpha value is -13.6. The summed E-state index contributed by atoms with van der Waals surface area (Å²) in [4.78, 5) is 171. The van der Waals surface area contributed by atoms with Gasteiger partial charge >= 0.3 is 24.1 Å². The number of benzene rings is 9. The number of carbonyl (C=O) groups is 9. The van der Waals surface area contributed by atoms with Gasteiger partial charge in [-0.15, -0.1) is 0 Å². The molecule has 2 aliphatic heterocycles. The van der Waals surface area contributed by atoms with Gasteiger partial charge in [0.25, 0.3) is 34.4 Å². The van der Waals surface area contributed by atoms with Gasteiger partial charge in [-0.25, -0.2) is 39.0 Å². The number of anilines is 3. The molecule has 34 heteroatoms. The van der Waals surface area contributed by atoms with Crippen LogP contribution >= 0.6 is 44.2 Å². The Morgan fingerprint density at radius 1 is 0.407 bits per heavy atom. The van der Waals surface area contributed by atoms with Crippen molar-refractivity contribution in [2.45, 2.75) is 252 Å². The van der Waals surface area contributed by atoms with Crippen molar-refractivity contribution < 1.29 is 76.3 Å². The van der Waals surface area contributed by atoms with Crippen molar-refractivity contribution in [3.63, 3.8) is 0 Å². The normalized spacial score (nSPS) is 12.9. The van der Waals surface area contributed by atoms with E-state index in [0.29, 0.717) is 119 Å². The maximum Gasteiger partial charge on any atom is 0.418 e. The molecule has 0 spiro atoms. The average Bonchev–Trinajstić information content (AvgIpc) is 1.45. The van der Waals surface area contributed by atoms with E-state index in [9.17, 15) is 57.5 Å². The summed E-state index contributed by atoms with van der Waals surface area (Å²) in [5.41, 5.74) is 1.80. The molecule has 0 radical (unpaired) electrons. The molecule has 0 aliphatic carbocycles. The summed E-state index contributed by atoms with van der Waals surface area (Å²) in [6, 6.07) is 60.6. The van der Waals surface area contributed by atoms with Gasteiger partial charge in [0.2, 0.25) is 11.8 Å². The van der Waals surface area contributed by atoms with Crippen LogP contribution in [0.5, 0.6) is 17.2 Å². The van der Waals surface area contributed by atoms with Crippen LogP contribution in [0, 0.1) is 6.92 Å². The number of unbranched alkanes of at least 4 members (excludes halogenated alkanes) is 22. The zero-order chi connectivity index (χ0) is 109. The van der Waals surface area contributed by atoms with E-state index in [4.69, 9.17) is 33.4 Å². The summed E-state index contributed by atoms with van der Waals surface area (Å²) in [5.74, 6) is -2.19. The summed E-state index contributed by atoms with van der Waals surface area (Å²) in [7, 11) is 4.44. The largest absolute Gasteiger partial charge is 0.495 e. The highest BCUT2D eigenvalue weighted by Crippen LogP contribution is 2.38. The Kier molecular flexibility index (Phi) is 49.7. The smallest absolute Gasteiger partial charge is 0.418 e. The second kappa shape index (κ2) is 62.2. The topological polar surface area (TPSA) is 378 Å². The number of cyclic esters (lactones) is 2. The van der Waals surface area contributed by atoms with Crippen LogP contribution in [0.1, 0.15) is 271 Å². The molecule has 2 saturated heterocycles. The summed E-state index contributed by atoms with van der Waals surface area (Å²) in [6.07, 6.45) is 27.8. The molecule has 5 heterocycles. The summed E-state index contributed by atoms with van der Waals surface area (Å²) in [6.45, 7) is 23.1. The van der Waals surface area contributed by atoms with Gasteiger partial charge in [0.15, 0.2) is 22.1 Å². The molecule has 150 heavy (non-hydrogen) atoms. The number of amides is 7. The van der Waals surface area contributed by atoms with Crippen LogP contribution in [0.15, 0.2) is 233 Å². The van der Waals surface area contributed by atoms with Crippen LogP contribution in [-0.2, 0) is 49.3 Å². The molecule has 4 N–H and O–H groups in total. The number of methoxy groups -OCH3 is 3. The molecule has 2 aliphatic rings. The first kappa shape index (κ1) is 120. The fraction of sp³-hybridized carbons (Fsp3) is 0.405. The lowest BCUT2D eigenvalue weighted by Crippen LogP contribution is -2.45. The maximum atomic E-state index is 14.1. The van der Waals surface area contributed by atoms with E-state index in [1.807, 2.05) is 54.7 Å². The number of nitrogens with zero attached hydrogens (tertiary/aromatic N) is 8. The van der Waals surface area contributed by atoms with Crippen LogP contribution in [0.4, 0.5) is 26.7 Å². The molecule has 14 rings (SSSR count). The van der Waals surface area contributed by atoms with Gasteiger partial charge < -0.3 is 54.0 Å².